The predicted molar refractivity (Wildman–Crippen MR) is 77.3 cm³/mol. The van der Waals surface area contributed by atoms with E-state index in [1.165, 1.54) is 5.56 Å². The molecule has 0 bridgehead atoms. The summed E-state index contributed by atoms with van der Waals surface area (Å²) in [6, 6.07) is 10.5. The maximum absolute atomic E-state index is 12.1. The molecular weight excluding hydrogens is 242 g/mol. The molecule has 0 saturated heterocycles. The van der Waals surface area contributed by atoms with Crippen molar-refractivity contribution in [1.29, 1.82) is 0 Å². The van der Waals surface area contributed by atoms with Crippen molar-refractivity contribution in [3.63, 3.8) is 0 Å². The Hall–Kier alpha value is -1.19. The van der Waals surface area contributed by atoms with Gasteiger partial charge in [0.1, 0.15) is 11.0 Å². The van der Waals surface area contributed by atoms with E-state index in [0.29, 0.717) is 0 Å². The molecule has 1 N–H and O–H groups in total. The Kier molecular flexibility index (Phi) is 4.90. The van der Waals surface area contributed by atoms with Gasteiger partial charge in [-0.05, 0) is 37.8 Å². The summed E-state index contributed by atoms with van der Waals surface area (Å²) in [5.41, 5.74) is 1.27. The van der Waals surface area contributed by atoms with Crippen LogP contribution in [-0.4, -0.2) is 10.3 Å². The van der Waals surface area contributed by atoms with Crippen LogP contribution in [0.5, 0.6) is 0 Å². The second-order valence-corrected chi connectivity index (χ2v) is 5.81. The third-order valence-electron chi connectivity index (χ3n) is 2.87. The van der Waals surface area contributed by atoms with E-state index < -0.39 is 11.0 Å². The van der Waals surface area contributed by atoms with Crippen LogP contribution in [0.2, 0.25) is 0 Å². The Morgan fingerprint density at radius 3 is 2.72 bits per heavy atom. The fourth-order valence-electron chi connectivity index (χ4n) is 1.99. The monoisotopic (exact) mass is 261 g/mol. The molecule has 1 aliphatic rings. The quantitative estimate of drug-likeness (QED) is 0.867. The second-order valence-electron chi connectivity index (χ2n) is 4.56. The highest BCUT2D eigenvalue weighted by molar-refractivity contribution is 7.87. The van der Waals surface area contributed by atoms with Gasteiger partial charge in [-0.1, -0.05) is 42.5 Å². The first-order valence-electron chi connectivity index (χ1n) is 6.34. The lowest BCUT2D eigenvalue weighted by molar-refractivity contribution is 0.638. The second kappa shape index (κ2) is 6.66. The highest BCUT2D eigenvalue weighted by Gasteiger charge is 2.10. The van der Waals surface area contributed by atoms with E-state index in [4.69, 9.17) is 0 Å². The third kappa shape index (κ3) is 3.93. The molecule has 0 aromatic heterocycles. The molecule has 96 valence electrons. The molecule has 2 atom stereocenters. The van der Waals surface area contributed by atoms with Crippen LogP contribution in [0.3, 0.4) is 0 Å². The minimum atomic E-state index is -1.09. The number of hydrogen-bond donors (Lipinski definition) is 1. The SMILES string of the molecule is CC(Cc1ccccc1)NS(=O)C1=CCCC=C1. The number of hydrogen-bond acceptors (Lipinski definition) is 1. The first kappa shape index (κ1) is 13.2. The first-order chi connectivity index (χ1) is 8.75. The van der Waals surface area contributed by atoms with Crippen LogP contribution >= 0.6 is 0 Å². The summed E-state index contributed by atoms with van der Waals surface area (Å²) in [5.74, 6) is 0. The Morgan fingerprint density at radius 1 is 1.28 bits per heavy atom. The summed E-state index contributed by atoms with van der Waals surface area (Å²) in [6.07, 6.45) is 9.03. The average molecular weight is 261 g/mol. The number of nitrogens with one attached hydrogen (secondary N) is 1. The summed E-state index contributed by atoms with van der Waals surface area (Å²) >= 11 is 0. The van der Waals surface area contributed by atoms with Gasteiger partial charge in [0.15, 0.2) is 0 Å². The topological polar surface area (TPSA) is 29.1 Å². The van der Waals surface area contributed by atoms with Crippen molar-refractivity contribution in [2.24, 2.45) is 0 Å². The molecule has 3 heteroatoms. The van der Waals surface area contributed by atoms with Gasteiger partial charge in [0.05, 0.1) is 0 Å². The lowest BCUT2D eigenvalue weighted by atomic mass is 10.1. The van der Waals surface area contributed by atoms with Crippen molar-refractivity contribution < 1.29 is 4.21 Å². The zero-order chi connectivity index (χ0) is 12.8. The van der Waals surface area contributed by atoms with Crippen molar-refractivity contribution >= 4 is 11.0 Å². The van der Waals surface area contributed by atoms with Gasteiger partial charge in [0, 0.05) is 10.9 Å². The van der Waals surface area contributed by atoms with Crippen LogP contribution in [0.25, 0.3) is 0 Å². The summed E-state index contributed by atoms with van der Waals surface area (Å²) in [7, 11) is -1.09. The van der Waals surface area contributed by atoms with E-state index in [9.17, 15) is 4.21 Å². The van der Waals surface area contributed by atoms with Gasteiger partial charge >= 0.3 is 0 Å². The van der Waals surface area contributed by atoms with E-state index in [1.54, 1.807) is 0 Å². The Morgan fingerprint density at radius 2 is 2.06 bits per heavy atom. The van der Waals surface area contributed by atoms with Gasteiger partial charge in [-0.25, -0.2) is 8.93 Å². The van der Waals surface area contributed by atoms with Gasteiger partial charge in [-0.15, -0.1) is 0 Å². The van der Waals surface area contributed by atoms with Crippen LogP contribution in [0.15, 0.2) is 53.5 Å². The highest BCUT2D eigenvalue weighted by Crippen LogP contribution is 2.13. The smallest absolute Gasteiger partial charge is 0.124 e. The van der Waals surface area contributed by atoms with Crippen molar-refractivity contribution in [2.45, 2.75) is 32.2 Å². The van der Waals surface area contributed by atoms with Crippen LogP contribution in [0.4, 0.5) is 0 Å². The molecule has 0 fully saturated rings. The fourth-order valence-corrected chi connectivity index (χ4v) is 3.06. The largest absolute Gasteiger partial charge is 0.238 e. The molecule has 1 aromatic rings. The minimum absolute atomic E-state index is 0.199. The minimum Gasteiger partial charge on any atom is -0.238 e. The third-order valence-corrected chi connectivity index (χ3v) is 4.22. The summed E-state index contributed by atoms with van der Waals surface area (Å²) in [4.78, 5) is 0.904. The number of allylic oxidation sites excluding steroid dienone is 3. The summed E-state index contributed by atoms with van der Waals surface area (Å²) in [6.45, 7) is 2.07. The maximum atomic E-state index is 12.1. The molecule has 0 spiro atoms. The molecule has 2 unspecified atom stereocenters. The molecule has 1 aromatic carbocycles. The Labute approximate surface area is 111 Å². The molecule has 2 rings (SSSR count). The van der Waals surface area contributed by atoms with Crippen LogP contribution in [0, 0.1) is 0 Å². The molecule has 0 aliphatic heterocycles. The van der Waals surface area contributed by atoms with Crippen LogP contribution < -0.4 is 4.72 Å². The van der Waals surface area contributed by atoms with E-state index >= 15 is 0 Å². The Balaban J connectivity index is 1.87. The molecule has 2 nitrogen and oxygen atoms in total. The zero-order valence-corrected chi connectivity index (χ0v) is 11.5. The first-order valence-corrected chi connectivity index (χ1v) is 7.49. The van der Waals surface area contributed by atoms with Crippen LogP contribution in [-0.2, 0) is 17.4 Å². The van der Waals surface area contributed by atoms with Gasteiger partial charge in [-0.3, -0.25) is 0 Å². The number of benzene rings is 1. The predicted octanol–water partition coefficient (Wildman–Crippen LogP) is 3.10. The molecule has 0 amide bonds. The van der Waals surface area contributed by atoms with Gasteiger partial charge < -0.3 is 0 Å². The lowest BCUT2D eigenvalue weighted by Gasteiger charge is -2.14. The van der Waals surface area contributed by atoms with Crippen molar-refractivity contribution in [3.05, 3.63) is 59.0 Å². The van der Waals surface area contributed by atoms with E-state index in [2.05, 4.69) is 35.9 Å². The maximum Gasteiger partial charge on any atom is 0.124 e. The van der Waals surface area contributed by atoms with E-state index in [0.717, 1.165) is 24.2 Å². The van der Waals surface area contributed by atoms with E-state index in [-0.39, 0.29) is 6.04 Å². The zero-order valence-electron chi connectivity index (χ0n) is 10.6. The molecule has 0 heterocycles. The number of rotatable bonds is 5. The summed E-state index contributed by atoms with van der Waals surface area (Å²) < 4.78 is 15.2. The van der Waals surface area contributed by atoms with Gasteiger partial charge in [-0.2, -0.15) is 0 Å². The average Bonchev–Trinajstić information content (AvgIpc) is 2.40. The van der Waals surface area contributed by atoms with E-state index in [1.807, 2.05) is 24.3 Å². The van der Waals surface area contributed by atoms with Crippen molar-refractivity contribution in [2.75, 3.05) is 0 Å². The van der Waals surface area contributed by atoms with Gasteiger partial charge in [0.25, 0.3) is 0 Å². The van der Waals surface area contributed by atoms with Crippen LogP contribution in [0.1, 0.15) is 25.3 Å². The van der Waals surface area contributed by atoms with Crippen molar-refractivity contribution in [1.82, 2.24) is 4.72 Å². The highest BCUT2D eigenvalue weighted by atomic mass is 32.2. The van der Waals surface area contributed by atoms with Gasteiger partial charge in [0.2, 0.25) is 0 Å². The standard InChI is InChI=1S/C15H19NOS/c1-13(12-14-8-4-2-5-9-14)16-18(17)15-10-6-3-7-11-15/h2,4-6,8-11,13,16H,3,7,12H2,1H3. The molecular formula is C15H19NOS. The van der Waals surface area contributed by atoms with Crippen molar-refractivity contribution in [3.8, 4) is 0 Å². The molecule has 18 heavy (non-hydrogen) atoms. The molecule has 0 radical (unpaired) electrons. The molecule has 0 saturated carbocycles. The lowest BCUT2D eigenvalue weighted by Crippen LogP contribution is -2.30. The molecule has 1 aliphatic carbocycles. The fraction of sp³-hybridized carbons (Fsp3) is 0.333. The normalized spacial score (nSPS) is 18.2. The summed E-state index contributed by atoms with van der Waals surface area (Å²) in [5, 5.41) is 0. The Bertz CT molecular complexity index is 465.